The highest BCUT2D eigenvalue weighted by Crippen LogP contribution is 2.30. The number of anilines is 1. The van der Waals surface area contributed by atoms with E-state index < -0.39 is 21.7 Å². The first-order valence-corrected chi connectivity index (χ1v) is 14.0. The van der Waals surface area contributed by atoms with Crippen molar-refractivity contribution in [3.05, 3.63) is 24.3 Å². The Labute approximate surface area is 209 Å². The van der Waals surface area contributed by atoms with Gasteiger partial charge in [0.25, 0.3) is 0 Å². The maximum absolute atomic E-state index is 13.0. The van der Waals surface area contributed by atoms with Gasteiger partial charge in [0.1, 0.15) is 5.60 Å². The van der Waals surface area contributed by atoms with Crippen molar-refractivity contribution in [3.63, 3.8) is 0 Å². The smallest absolute Gasteiger partial charge is 0.410 e. The number of piperidine rings is 2. The van der Waals surface area contributed by atoms with Crippen LogP contribution in [-0.2, 0) is 14.8 Å². The Morgan fingerprint density at radius 1 is 0.971 bits per heavy atom. The molecule has 0 bridgehead atoms. The Balaban J connectivity index is 1.36. The van der Waals surface area contributed by atoms with Crippen molar-refractivity contribution in [2.75, 3.05) is 31.5 Å². The van der Waals surface area contributed by atoms with Crippen molar-refractivity contribution < 1.29 is 22.7 Å². The normalized spacial score (nSPS) is 18.9. The van der Waals surface area contributed by atoms with Gasteiger partial charge in [0.05, 0.1) is 4.90 Å². The molecule has 0 aliphatic carbocycles. The standard InChI is InChI=1S/C25H40N4O5S/c1-25(2,3)34-24(31)28-15-11-19(12-16-28)5-4-6-20-13-17-29(18-14-20)35(32,33)22-9-7-21(8-10-22)27-23(26)30/h7-10,19-20H,4-6,11-18H2,1-3H3,(H3,26,27,30). The van der Waals surface area contributed by atoms with Gasteiger partial charge in [-0.15, -0.1) is 0 Å². The van der Waals surface area contributed by atoms with Crippen LogP contribution in [0.25, 0.3) is 0 Å². The SMILES string of the molecule is CC(C)(C)OC(=O)N1CCC(CCCC2CCN(S(=O)(=O)c3ccc(NC(N)=O)cc3)CC2)CC1. The van der Waals surface area contributed by atoms with Gasteiger partial charge in [0, 0.05) is 31.9 Å². The molecular weight excluding hydrogens is 468 g/mol. The lowest BCUT2D eigenvalue weighted by molar-refractivity contribution is 0.0180. The van der Waals surface area contributed by atoms with E-state index in [-0.39, 0.29) is 11.0 Å². The highest BCUT2D eigenvalue weighted by atomic mass is 32.2. The third kappa shape index (κ3) is 8.10. The minimum Gasteiger partial charge on any atom is -0.444 e. The predicted molar refractivity (Wildman–Crippen MR) is 136 cm³/mol. The van der Waals surface area contributed by atoms with Crippen LogP contribution in [0.5, 0.6) is 0 Å². The zero-order valence-corrected chi connectivity index (χ0v) is 22.0. The first kappa shape index (κ1) is 27.3. The molecular formula is C25H40N4O5S. The molecule has 0 aromatic heterocycles. The Hall–Kier alpha value is -2.33. The van der Waals surface area contributed by atoms with E-state index in [9.17, 15) is 18.0 Å². The fourth-order valence-corrected chi connectivity index (χ4v) is 6.34. The fraction of sp³-hybridized carbons (Fsp3) is 0.680. The van der Waals surface area contributed by atoms with E-state index in [1.54, 1.807) is 16.4 Å². The van der Waals surface area contributed by atoms with Crippen LogP contribution in [0, 0.1) is 11.8 Å². The van der Waals surface area contributed by atoms with Crippen LogP contribution in [0.15, 0.2) is 29.2 Å². The van der Waals surface area contributed by atoms with Gasteiger partial charge in [-0.3, -0.25) is 0 Å². The lowest BCUT2D eigenvalue weighted by Crippen LogP contribution is -2.41. The molecule has 1 aromatic carbocycles. The quantitative estimate of drug-likeness (QED) is 0.565. The summed E-state index contributed by atoms with van der Waals surface area (Å²) in [4.78, 5) is 25.2. The van der Waals surface area contributed by atoms with E-state index >= 15 is 0 Å². The van der Waals surface area contributed by atoms with E-state index in [4.69, 9.17) is 10.5 Å². The number of carbonyl (C=O) groups is 2. The van der Waals surface area contributed by atoms with Crippen LogP contribution >= 0.6 is 0 Å². The zero-order chi connectivity index (χ0) is 25.6. The topological polar surface area (TPSA) is 122 Å². The number of nitrogens with two attached hydrogens (primary N) is 1. The van der Waals surface area contributed by atoms with Gasteiger partial charge >= 0.3 is 12.1 Å². The van der Waals surface area contributed by atoms with E-state index in [0.29, 0.717) is 30.6 Å². The minimum atomic E-state index is -3.55. The van der Waals surface area contributed by atoms with Crippen LogP contribution in [0.3, 0.4) is 0 Å². The lowest BCUT2D eigenvalue weighted by Gasteiger charge is -2.34. The number of likely N-dealkylation sites (tertiary alicyclic amines) is 1. The Morgan fingerprint density at radius 2 is 1.49 bits per heavy atom. The van der Waals surface area contributed by atoms with E-state index in [1.165, 1.54) is 12.1 Å². The summed E-state index contributed by atoms with van der Waals surface area (Å²) in [7, 11) is -3.55. The van der Waals surface area contributed by atoms with Gasteiger partial charge in [-0.05, 0) is 82.6 Å². The first-order chi connectivity index (χ1) is 16.4. The molecule has 9 nitrogen and oxygen atoms in total. The van der Waals surface area contributed by atoms with Gasteiger partial charge in [-0.2, -0.15) is 4.31 Å². The number of amides is 3. The van der Waals surface area contributed by atoms with Crippen LogP contribution in [0.1, 0.15) is 65.7 Å². The molecule has 2 aliphatic rings. The van der Waals surface area contributed by atoms with Crippen molar-refractivity contribution >= 4 is 27.8 Å². The van der Waals surface area contributed by atoms with Gasteiger partial charge in [0.2, 0.25) is 10.0 Å². The highest BCUT2D eigenvalue weighted by molar-refractivity contribution is 7.89. The molecule has 0 unspecified atom stereocenters. The van der Waals surface area contributed by atoms with Crippen molar-refractivity contribution in [2.24, 2.45) is 17.6 Å². The largest absolute Gasteiger partial charge is 0.444 e. The number of hydrogen-bond acceptors (Lipinski definition) is 5. The molecule has 0 spiro atoms. The van der Waals surface area contributed by atoms with Gasteiger partial charge in [-0.1, -0.05) is 19.3 Å². The van der Waals surface area contributed by atoms with Crippen molar-refractivity contribution in [1.29, 1.82) is 0 Å². The van der Waals surface area contributed by atoms with Gasteiger partial charge in [0.15, 0.2) is 0 Å². The molecule has 2 saturated heterocycles. The number of carbonyl (C=O) groups excluding carboxylic acids is 2. The molecule has 2 heterocycles. The molecule has 2 fully saturated rings. The number of hydrogen-bond donors (Lipinski definition) is 2. The number of nitrogens with one attached hydrogen (secondary N) is 1. The molecule has 2 aliphatic heterocycles. The predicted octanol–water partition coefficient (Wildman–Crippen LogP) is 4.40. The maximum Gasteiger partial charge on any atom is 0.410 e. The summed E-state index contributed by atoms with van der Waals surface area (Å²) >= 11 is 0. The Morgan fingerprint density at radius 3 is 1.97 bits per heavy atom. The first-order valence-electron chi connectivity index (χ1n) is 12.6. The number of primary amides is 1. The number of rotatable bonds is 7. The fourth-order valence-electron chi connectivity index (χ4n) is 4.87. The third-order valence-electron chi connectivity index (χ3n) is 6.82. The lowest BCUT2D eigenvalue weighted by atomic mass is 9.87. The second kappa shape index (κ2) is 11.6. The summed E-state index contributed by atoms with van der Waals surface area (Å²) in [5.74, 6) is 1.19. The average Bonchev–Trinajstić information content (AvgIpc) is 2.79. The average molecular weight is 509 g/mol. The number of urea groups is 1. The van der Waals surface area contributed by atoms with Crippen molar-refractivity contribution in [3.8, 4) is 0 Å². The molecule has 35 heavy (non-hydrogen) atoms. The molecule has 0 saturated carbocycles. The molecule has 10 heteroatoms. The van der Waals surface area contributed by atoms with Crippen LogP contribution in [0.4, 0.5) is 15.3 Å². The molecule has 0 radical (unpaired) electrons. The summed E-state index contributed by atoms with van der Waals surface area (Å²) in [5, 5.41) is 2.43. The van der Waals surface area contributed by atoms with Gasteiger partial charge < -0.3 is 20.7 Å². The summed E-state index contributed by atoms with van der Waals surface area (Å²) < 4.78 is 33.0. The second-order valence-electron chi connectivity index (χ2n) is 10.7. The van der Waals surface area contributed by atoms with E-state index in [0.717, 1.165) is 58.0 Å². The molecule has 3 rings (SSSR count). The van der Waals surface area contributed by atoms with E-state index in [2.05, 4.69) is 5.32 Å². The number of ether oxygens (including phenoxy) is 1. The van der Waals surface area contributed by atoms with Crippen molar-refractivity contribution in [2.45, 2.75) is 76.2 Å². The number of sulfonamides is 1. The van der Waals surface area contributed by atoms with Crippen molar-refractivity contribution in [1.82, 2.24) is 9.21 Å². The summed E-state index contributed by atoms with van der Waals surface area (Å²) in [6, 6.07) is 5.40. The Bertz CT molecular complexity index is 959. The molecule has 3 N–H and O–H groups in total. The molecule has 196 valence electrons. The van der Waals surface area contributed by atoms with Crippen LogP contribution in [0.2, 0.25) is 0 Å². The summed E-state index contributed by atoms with van der Waals surface area (Å²) in [6.45, 7) is 8.25. The minimum absolute atomic E-state index is 0.212. The second-order valence-corrected chi connectivity index (χ2v) is 12.6. The summed E-state index contributed by atoms with van der Waals surface area (Å²) in [6.07, 6.45) is 6.99. The Kier molecular flexibility index (Phi) is 9.04. The zero-order valence-electron chi connectivity index (χ0n) is 21.2. The number of nitrogens with zero attached hydrogens (tertiary/aromatic N) is 2. The third-order valence-corrected chi connectivity index (χ3v) is 8.74. The highest BCUT2D eigenvalue weighted by Gasteiger charge is 2.30. The summed E-state index contributed by atoms with van der Waals surface area (Å²) in [5.41, 5.74) is 5.10. The van der Waals surface area contributed by atoms with Crippen LogP contribution in [-0.4, -0.2) is 61.5 Å². The maximum atomic E-state index is 13.0. The monoisotopic (exact) mass is 508 g/mol. The van der Waals surface area contributed by atoms with Gasteiger partial charge in [-0.25, -0.2) is 18.0 Å². The molecule has 3 amide bonds. The molecule has 0 atom stereocenters. The number of benzene rings is 1. The van der Waals surface area contributed by atoms with E-state index in [1.807, 2.05) is 25.7 Å². The van der Waals surface area contributed by atoms with Crippen LogP contribution < -0.4 is 11.1 Å². The molecule has 1 aromatic rings.